The number of rotatable bonds is 3. The molecule has 0 amide bonds. The number of hydrogen-bond acceptors (Lipinski definition) is 5. The van der Waals surface area contributed by atoms with E-state index in [2.05, 4.69) is 10.1 Å². The number of nitrogens with zero attached hydrogens (tertiary/aromatic N) is 2. The van der Waals surface area contributed by atoms with Crippen molar-refractivity contribution in [2.24, 2.45) is 0 Å². The van der Waals surface area contributed by atoms with E-state index >= 15 is 0 Å². The van der Waals surface area contributed by atoms with Gasteiger partial charge in [-0.3, -0.25) is 0 Å². The molecule has 2 N–H and O–H groups in total. The molecule has 0 fully saturated rings. The number of halogens is 1. The number of hydrogen-bond donors (Lipinski definition) is 1. The third-order valence-corrected chi connectivity index (χ3v) is 2.90. The Morgan fingerprint density at radius 3 is 2.94 bits per heavy atom. The third kappa shape index (κ3) is 2.52. The molecule has 0 bridgehead atoms. The van der Waals surface area contributed by atoms with Crippen LogP contribution in [0.15, 0.2) is 27.6 Å². The highest BCUT2D eigenvalue weighted by molar-refractivity contribution is 7.98. The summed E-state index contributed by atoms with van der Waals surface area (Å²) in [6.45, 7) is 1.73. The topological polar surface area (TPSA) is 64.9 Å². The number of benzene rings is 1. The molecule has 84 valence electrons. The summed E-state index contributed by atoms with van der Waals surface area (Å²) in [5.74, 6) is 1.26. The number of aryl methyl sites for hydroxylation is 1. The standard InChI is InChI=1S/C10H10FN3OS/c1-6-13-10(14-15-6)5-16-7-2-3-9(12)8(11)4-7/h2-4H,5,12H2,1H3. The second-order valence-electron chi connectivity index (χ2n) is 3.20. The van der Waals surface area contributed by atoms with Crippen LogP contribution in [-0.4, -0.2) is 10.1 Å². The van der Waals surface area contributed by atoms with Gasteiger partial charge in [-0.1, -0.05) is 5.16 Å². The van der Waals surface area contributed by atoms with Crippen molar-refractivity contribution in [1.82, 2.24) is 10.1 Å². The fourth-order valence-corrected chi connectivity index (χ4v) is 1.91. The lowest BCUT2D eigenvalue weighted by molar-refractivity contribution is 0.389. The molecule has 0 aliphatic carbocycles. The molecule has 16 heavy (non-hydrogen) atoms. The minimum absolute atomic E-state index is 0.153. The van der Waals surface area contributed by atoms with E-state index < -0.39 is 5.82 Å². The van der Waals surface area contributed by atoms with E-state index in [1.165, 1.54) is 17.8 Å². The Labute approximate surface area is 96.0 Å². The van der Waals surface area contributed by atoms with Gasteiger partial charge in [0.15, 0.2) is 5.82 Å². The number of thioether (sulfide) groups is 1. The monoisotopic (exact) mass is 239 g/mol. The largest absolute Gasteiger partial charge is 0.396 e. The molecule has 1 aromatic heterocycles. The second kappa shape index (κ2) is 4.52. The van der Waals surface area contributed by atoms with Crippen LogP contribution in [0.3, 0.4) is 0 Å². The maximum absolute atomic E-state index is 13.1. The van der Waals surface area contributed by atoms with Crippen molar-refractivity contribution < 1.29 is 8.91 Å². The summed E-state index contributed by atoms with van der Waals surface area (Å²) in [5, 5.41) is 3.75. The van der Waals surface area contributed by atoms with E-state index in [0.29, 0.717) is 17.5 Å². The second-order valence-corrected chi connectivity index (χ2v) is 4.25. The highest BCUT2D eigenvalue weighted by Gasteiger charge is 2.05. The van der Waals surface area contributed by atoms with Crippen LogP contribution in [0.25, 0.3) is 0 Å². The van der Waals surface area contributed by atoms with Crippen LogP contribution in [0.2, 0.25) is 0 Å². The van der Waals surface area contributed by atoms with Crippen LogP contribution < -0.4 is 5.73 Å². The van der Waals surface area contributed by atoms with Gasteiger partial charge in [0.2, 0.25) is 5.89 Å². The van der Waals surface area contributed by atoms with Crippen LogP contribution in [0.4, 0.5) is 10.1 Å². The Kier molecular flexibility index (Phi) is 3.09. The van der Waals surface area contributed by atoms with E-state index in [0.717, 1.165) is 4.90 Å². The first-order valence-electron chi connectivity index (χ1n) is 4.62. The van der Waals surface area contributed by atoms with Gasteiger partial charge in [0, 0.05) is 11.8 Å². The smallest absolute Gasteiger partial charge is 0.223 e. The zero-order chi connectivity index (χ0) is 11.5. The van der Waals surface area contributed by atoms with Crippen molar-refractivity contribution in [3.05, 3.63) is 35.7 Å². The van der Waals surface area contributed by atoms with E-state index in [-0.39, 0.29) is 5.69 Å². The number of nitrogens with two attached hydrogens (primary N) is 1. The Hall–Kier alpha value is -1.56. The summed E-state index contributed by atoms with van der Waals surface area (Å²) in [6, 6.07) is 4.70. The normalized spacial score (nSPS) is 10.6. The fraction of sp³-hybridized carbons (Fsp3) is 0.200. The first kappa shape index (κ1) is 10.9. The lowest BCUT2D eigenvalue weighted by Gasteiger charge is -2.00. The van der Waals surface area contributed by atoms with Gasteiger partial charge in [-0.2, -0.15) is 4.98 Å². The maximum Gasteiger partial charge on any atom is 0.223 e. The van der Waals surface area contributed by atoms with Gasteiger partial charge in [-0.15, -0.1) is 11.8 Å². The van der Waals surface area contributed by atoms with Gasteiger partial charge < -0.3 is 10.3 Å². The maximum atomic E-state index is 13.1. The molecular weight excluding hydrogens is 229 g/mol. The molecule has 0 unspecified atom stereocenters. The van der Waals surface area contributed by atoms with E-state index in [1.807, 2.05) is 0 Å². The molecule has 0 spiro atoms. The summed E-state index contributed by atoms with van der Waals surface area (Å²) >= 11 is 1.43. The quantitative estimate of drug-likeness (QED) is 0.658. The Bertz CT molecular complexity index is 501. The van der Waals surface area contributed by atoms with Crippen molar-refractivity contribution >= 4 is 17.4 Å². The predicted octanol–water partition coefficient (Wildman–Crippen LogP) is 2.39. The zero-order valence-electron chi connectivity index (χ0n) is 8.61. The average Bonchev–Trinajstić information content (AvgIpc) is 2.66. The van der Waals surface area contributed by atoms with Crippen LogP contribution in [0.1, 0.15) is 11.7 Å². The van der Waals surface area contributed by atoms with Crippen LogP contribution in [0, 0.1) is 12.7 Å². The average molecular weight is 239 g/mol. The fourth-order valence-electron chi connectivity index (χ4n) is 1.15. The third-order valence-electron chi connectivity index (χ3n) is 1.91. The molecule has 0 aliphatic heterocycles. The molecule has 0 aliphatic rings. The Morgan fingerprint density at radius 2 is 2.31 bits per heavy atom. The molecule has 2 rings (SSSR count). The molecule has 1 heterocycles. The minimum atomic E-state index is -0.408. The molecule has 0 saturated carbocycles. The lowest BCUT2D eigenvalue weighted by atomic mass is 10.3. The SMILES string of the molecule is Cc1nc(CSc2ccc(N)c(F)c2)no1. The molecule has 0 saturated heterocycles. The zero-order valence-corrected chi connectivity index (χ0v) is 9.42. The molecule has 1 aromatic carbocycles. The number of anilines is 1. The molecule has 0 atom stereocenters. The Morgan fingerprint density at radius 1 is 1.50 bits per heavy atom. The number of aromatic nitrogens is 2. The lowest BCUT2D eigenvalue weighted by Crippen LogP contribution is -1.90. The van der Waals surface area contributed by atoms with Gasteiger partial charge in [0.25, 0.3) is 0 Å². The molecule has 6 heteroatoms. The summed E-state index contributed by atoms with van der Waals surface area (Å²) in [4.78, 5) is 4.83. The van der Waals surface area contributed by atoms with Crippen molar-refractivity contribution in [2.45, 2.75) is 17.6 Å². The summed E-state index contributed by atoms with van der Waals surface area (Å²) < 4.78 is 17.9. The van der Waals surface area contributed by atoms with Gasteiger partial charge >= 0.3 is 0 Å². The molecule has 4 nitrogen and oxygen atoms in total. The van der Waals surface area contributed by atoms with E-state index in [4.69, 9.17) is 10.3 Å². The van der Waals surface area contributed by atoms with Crippen LogP contribution >= 0.6 is 11.8 Å². The van der Waals surface area contributed by atoms with Gasteiger partial charge in [-0.05, 0) is 18.2 Å². The van der Waals surface area contributed by atoms with Gasteiger partial charge in [0.1, 0.15) is 5.82 Å². The molecule has 0 radical (unpaired) electrons. The summed E-state index contributed by atoms with van der Waals surface area (Å²) in [5.41, 5.74) is 5.53. The van der Waals surface area contributed by atoms with Crippen LogP contribution in [-0.2, 0) is 5.75 Å². The van der Waals surface area contributed by atoms with Gasteiger partial charge in [0.05, 0.1) is 11.4 Å². The highest BCUT2D eigenvalue weighted by atomic mass is 32.2. The molecule has 2 aromatic rings. The van der Waals surface area contributed by atoms with E-state index in [9.17, 15) is 4.39 Å². The van der Waals surface area contributed by atoms with Crippen molar-refractivity contribution in [2.75, 3.05) is 5.73 Å². The highest BCUT2D eigenvalue weighted by Crippen LogP contribution is 2.24. The summed E-state index contributed by atoms with van der Waals surface area (Å²) in [6.07, 6.45) is 0. The summed E-state index contributed by atoms with van der Waals surface area (Å²) in [7, 11) is 0. The van der Waals surface area contributed by atoms with Crippen molar-refractivity contribution in [3.8, 4) is 0 Å². The van der Waals surface area contributed by atoms with Crippen LogP contribution in [0.5, 0.6) is 0 Å². The van der Waals surface area contributed by atoms with E-state index in [1.54, 1.807) is 19.1 Å². The predicted molar refractivity (Wildman–Crippen MR) is 59.4 cm³/mol. The van der Waals surface area contributed by atoms with Crippen molar-refractivity contribution in [1.29, 1.82) is 0 Å². The van der Waals surface area contributed by atoms with Gasteiger partial charge in [-0.25, -0.2) is 4.39 Å². The first-order chi connectivity index (χ1) is 7.65. The first-order valence-corrected chi connectivity index (χ1v) is 5.61. The minimum Gasteiger partial charge on any atom is -0.396 e. The number of nitrogen functional groups attached to an aromatic ring is 1. The molecular formula is C10H10FN3OS. The Balaban J connectivity index is 2.02. The van der Waals surface area contributed by atoms with Crippen molar-refractivity contribution in [3.63, 3.8) is 0 Å².